The van der Waals surface area contributed by atoms with Gasteiger partial charge in [0.05, 0.1) is 19.6 Å². The Morgan fingerprint density at radius 1 is 0.562 bits per heavy atom. The molecule has 0 bridgehead atoms. The molecule has 0 saturated carbocycles. The Labute approximate surface area is 189 Å². The lowest BCUT2D eigenvalue weighted by molar-refractivity contribution is 0.601. The van der Waals surface area contributed by atoms with Crippen molar-refractivity contribution in [2.75, 3.05) is 39.3 Å². The van der Waals surface area contributed by atoms with Crippen molar-refractivity contribution in [3.8, 4) is 6.07 Å². The third-order valence-corrected chi connectivity index (χ3v) is 3.83. The van der Waals surface area contributed by atoms with E-state index in [1.807, 2.05) is 0 Å². The van der Waals surface area contributed by atoms with Crippen LogP contribution in [0.1, 0.15) is 38.5 Å². The standard InChI is InChI=1S/C18H38N14/c19-7-10-29-17(24)31-15(22)27-8-5-3-1-2-4-6-9-28-16(23)32-18(25)30-12-11-26-14(21)13-20/h1-12,19H2,(H2,21,26)(H5,22,24,27,29,31)(H5,23,25,28,30,32). The molecule has 0 radical (unpaired) electrons. The van der Waals surface area contributed by atoms with Crippen molar-refractivity contribution in [1.29, 1.82) is 5.26 Å². The molecule has 0 rings (SSSR count). The highest BCUT2D eigenvalue weighted by molar-refractivity contribution is 5.97. The fraction of sp³-hybridized carbons (Fsp3) is 0.667. The number of guanidine groups is 4. The van der Waals surface area contributed by atoms with E-state index in [0.29, 0.717) is 32.7 Å². The first-order chi connectivity index (χ1) is 15.4. The lowest BCUT2D eigenvalue weighted by atomic mass is 10.1. The molecule has 180 valence electrons. The van der Waals surface area contributed by atoms with E-state index in [-0.39, 0.29) is 36.2 Å². The van der Waals surface area contributed by atoms with E-state index in [9.17, 15) is 0 Å². The van der Waals surface area contributed by atoms with Crippen LogP contribution in [0.25, 0.3) is 0 Å². The number of aliphatic imine (C=N–C) groups is 5. The molecule has 0 aliphatic rings. The van der Waals surface area contributed by atoms with Gasteiger partial charge in [0.15, 0.2) is 29.7 Å². The van der Waals surface area contributed by atoms with Gasteiger partial charge in [0.1, 0.15) is 6.07 Å². The van der Waals surface area contributed by atoms with Gasteiger partial charge in [-0.3, -0.25) is 35.6 Å². The number of nitrogens with zero attached hydrogens (tertiary/aromatic N) is 6. The molecule has 0 aliphatic heterocycles. The Balaban J connectivity index is 3.78. The number of nitrogens with one attached hydrogen (secondary N) is 2. The van der Waals surface area contributed by atoms with Crippen molar-refractivity contribution in [2.45, 2.75) is 38.5 Å². The van der Waals surface area contributed by atoms with Crippen LogP contribution in [0.3, 0.4) is 0 Å². The molecule has 0 unspecified atom stereocenters. The minimum Gasteiger partial charge on any atom is -0.375 e. The molecule has 0 aliphatic carbocycles. The van der Waals surface area contributed by atoms with Crippen LogP contribution < -0.4 is 45.0 Å². The molecule has 0 aromatic heterocycles. The summed E-state index contributed by atoms with van der Waals surface area (Å²) < 4.78 is 0. The Kier molecular flexibility index (Phi) is 17.2. The number of hydrogen-bond donors (Lipinski definition) is 8. The Hall–Kier alpha value is -3.60. The molecule has 0 aromatic rings. The van der Waals surface area contributed by atoms with E-state index in [1.54, 1.807) is 6.07 Å². The zero-order valence-corrected chi connectivity index (χ0v) is 18.6. The quantitative estimate of drug-likeness (QED) is 0.0794. The molecule has 0 amide bonds. The van der Waals surface area contributed by atoms with E-state index in [0.717, 1.165) is 38.5 Å². The lowest BCUT2D eigenvalue weighted by Crippen LogP contribution is -2.42. The molecule has 0 heterocycles. The van der Waals surface area contributed by atoms with Crippen LogP contribution in [0.15, 0.2) is 25.0 Å². The fourth-order valence-electron chi connectivity index (χ4n) is 2.31. The van der Waals surface area contributed by atoms with E-state index in [4.69, 9.17) is 39.7 Å². The van der Waals surface area contributed by atoms with Gasteiger partial charge in [-0.1, -0.05) is 25.7 Å². The van der Waals surface area contributed by atoms with Gasteiger partial charge in [-0.2, -0.15) is 5.26 Å². The van der Waals surface area contributed by atoms with E-state index >= 15 is 0 Å². The molecule has 14 N–H and O–H groups in total. The SMILES string of the molecule is N#CC(N)=NCCN=C(N)NC(N)=NCCCCCCCCN=C(N)NC(N)=NCCN. The van der Waals surface area contributed by atoms with Gasteiger partial charge in [-0.25, -0.2) is 0 Å². The second-order valence-electron chi connectivity index (χ2n) is 6.61. The highest BCUT2D eigenvalue weighted by Crippen LogP contribution is 2.05. The average molecular weight is 451 g/mol. The summed E-state index contributed by atoms with van der Waals surface area (Å²) in [5.74, 6) is 0.742. The van der Waals surface area contributed by atoms with Gasteiger partial charge in [-0.15, -0.1) is 0 Å². The van der Waals surface area contributed by atoms with Crippen LogP contribution in [0, 0.1) is 11.3 Å². The molecule has 0 atom stereocenters. The Morgan fingerprint density at radius 3 is 1.38 bits per heavy atom. The molecule has 32 heavy (non-hydrogen) atoms. The van der Waals surface area contributed by atoms with Gasteiger partial charge in [0.2, 0.25) is 0 Å². The Bertz CT molecular complexity index is 701. The Morgan fingerprint density at radius 2 is 0.938 bits per heavy atom. The van der Waals surface area contributed by atoms with Crippen molar-refractivity contribution < 1.29 is 0 Å². The lowest BCUT2D eigenvalue weighted by Gasteiger charge is -2.05. The summed E-state index contributed by atoms with van der Waals surface area (Å²) in [5.41, 5.74) is 33.4. The minimum absolute atomic E-state index is 0.0888. The maximum Gasteiger partial charge on any atom is 0.198 e. The van der Waals surface area contributed by atoms with Crippen LogP contribution >= 0.6 is 0 Å². The van der Waals surface area contributed by atoms with Crippen LogP contribution in [-0.4, -0.2) is 68.9 Å². The van der Waals surface area contributed by atoms with Crippen molar-refractivity contribution in [3.63, 3.8) is 0 Å². The van der Waals surface area contributed by atoms with E-state index in [2.05, 4.69) is 35.6 Å². The van der Waals surface area contributed by atoms with Gasteiger partial charge in [-0.05, 0) is 12.8 Å². The summed E-state index contributed by atoms with van der Waals surface area (Å²) in [4.78, 5) is 20.2. The molecular weight excluding hydrogens is 412 g/mol. The smallest absolute Gasteiger partial charge is 0.198 e. The van der Waals surface area contributed by atoms with Crippen LogP contribution in [0.4, 0.5) is 0 Å². The topological polar surface area (TPSA) is 266 Å². The first-order valence-electron chi connectivity index (χ1n) is 10.5. The van der Waals surface area contributed by atoms with Gasteiger partial charge in [0.25, 0.3) is 0 Å². The highest BCUT2D eigenvalue weighted by Gasteiger charge is 1.97. The zero-order valence-electron chi connectivity index (χ0n) is 18.6. The summed E-state index contributed by atoms with van der Waals surface area (Å²) in [6, 6.07) is 1.72. The van der Waals surface area contributed by atoms with Gasteiger partial charge in [0, 0.05) is 19.6 Å². The van der Waals surface area contributed by atoms with Crippen molar-refractivity contribution in [2.24, 2.45) is 59.4 Å². The number of nitrogens with two attached hydrogens (primary N) is 6. The number of hydrogen-bond acceptors (Lipinski definition) is 7. The number of rotatable bonds is 14. The highest BCUT2D eigenvalue weighted by atomic mass is 15.2. The third-order valence-electron chi connectivity index (χ3n) is 3.83. The zero-order chi connectivity index (χ0) is 24.0. The van der Waals surface area contributed by atoms with Crippen LogP contribution in [0.2, 0.25) is 0 Å². The van der Waals surface area contributed by atoms with Gasteiger partial charge < -0.3 is 34.4 Å². The molecule has 14 heteroatoms. The largest absolute Gasteiger partial charge is 0.375 e. The molecular formula is C18H38N14. The van der Waals surface area contributed by atoms with Crippen LogP contribution in [-0.2, 0) is 0 Å². The van der Waals surface area contributed by atoms with Crippen molar-refractivity contribution >= 4 is 29.7 Å². The monoisotopic (exact) mass is 450 g/mol. The maximum atomic E-state index is 8.48. The third kappa shape index (κ3) is 18.4. The second-order valence-corrected chi connectivity index (χ2v) is 6.61. The molecule has 14 nitrogen and oxygen atoms in total. The normalized spacial score (nSPS) is 13.7. The number of unbranched alkanes of at least 4 members (excludes halogenated alkanes) is 5. The predicted octanol–water partition coefficient (Wildman–Crippen LogP) is -2.40. The van der Waals surface area contributed by atoms with E-state index < -0.39 is 0 Å². The number of amidine groups is 1. The first-order valence-corrected chi connectivity index (χ1v) is 10.5. The molecule has 0 fully saturated rings. The summed E-state index contributed by atoms with van der Waals surface area (Å²) in [5, 5.41) is 13.9. The average Bonchev–Trinajstić information content (AvgIpc) is 2.76. The fourth-order valence-corrected chi connectivity index (χ4v) is 2.31. The molecule has 0 spiro atoms. The summed E-state index contributed by atoms with van der Waals surface area (Å²) in [7, 11) is 0. The molecule has 0 aromatic carbocycles. The van der Waals surface area contributed by atoms with Gasteiger partial charge >= 0.3 is 0 Å². The first kappa shape index (κ1) is 28.4. The second kappa shape index (κ2) is 19.4. The van der Waals surface area contributed by atoms with Crippen molar-refractivity contribution in [3.05, 3.63) is 0 Å². The van der Waals surface area contributed by atoms with E-state index in [1.165, 1.54) is 0 Å². The predicted molar refractivity (Wildman–Crippen MR) is 131 cm³/mol. The minimum atomic E-state index is -0.0888. The molecule has 0 saturated heterocycles. The number of nitriles is 1. The summed E-state index contributed by atoms with van der Waals surface area (Å²) >= 11 is 0. The van der Waals surface area contributed by atoms with Crippen LogP contribution in [0.5, 0.6) is 0 Å². The maximum absolute atomic E-state index is 8.48. The summed E-state index contributed by atoms with van der Waals surface area (Å²) in [6.07, 6.45) is 6.22. The summed E-state index contributed by atoms with van der Waals surface area (Å²) in [6.45, 7) is 2.68. The van der Waals surface area contributed by atoms with Crippen molar-refractivity contribution in [1.82, 2.24) is 10.6 Å².